The number of carbonyl (C=O) groups is 2. The fourth-order valence-corrected chi connectivity index (χ4v) is 1.75. The van der Waals surface area contributed by atoms with Crippen molar-refractivity contribution in [2.45, 2.75) is 13.0 Å². The molecular formula is C10H14N2O3. The number of hydrogen-bond donors (Lipinski definition) is 1. The maximum absolute atomic E-state index is 11.6. The third kappa shape index (κ3) is 2.08. The van der Waals surface area contributed by atoms with Crippen molar-refractivity contribution in [1.29, 1.82) is 0 Å². The highest BCUT2D eigenvalue weighted by atomic mass is 16.5. The first-order valence-corrected chi connectivity index (χ1v) is 5.05. The second kappa shape index (κ2) is 4.12. The Bertz CT molecular complexity index is 319. The first kappa shape index (κ1) is 10.3. The summed E-state index contributed by atoms with van der Waals surface area (Å²) in [5.41, 5.74) is 0.503. The minimum Gasteiger partial charge on any atom is -0.374 e. The summed E-state index contributed by atoms with van der Waals surface area (Å²) in [5.74, 6) is -0.430. The van der Waals surface area contributed by atoms with Crippen LogP contribution in [0.15, 0.2) is 11.6 Å². The molecule has 0 aromatic rings. The Morgan fingerprint density at radius 2 is 2.40 bits per heavy atom. The minimum absolute atomic E-state index is 0.0778. The summed E-state index contributed by atoms with van der Waals surface area (Å²) in [6.45, 7) is 4.15. The molecule has 0 radical (unpaired) electrons. The summed E-state index contributed by atoms with van der Waals surface area (Å²) in [5, 5.41) is 3.16. The zero-order valence-electron chi connectivity index (χ0n) is 8.66. The molecule has 2 amide bonds. The van der Waals surface area contributed by atoms with E-state index < -0.39 is 0 Å². The molecule has 1 fully saturated rings. The second-order valence-corrected chi connectivity index (χ2v) is 3.78. The molecule has 0 spiro atoms. The van der Waals surface area contributed by atoms with Crippen molar-refractivity contribution in [3.05, 3.63) is 11.6 Å². The van der Waals surface area contributed by atoms with Crippen LogP contribution in [0.25, 0.3) is 0 Å². The first-order valence-electron chi connectivity index (χ1n) is 5.05. The number of nitrogens with one attached hydrogen (secondary N) is 1. The van der Waals surface area contributed by atoms with Gasteiger partial charge in [0.1, 0.15) is 0 Å². The molecule has 2 heterocycles. The van der Waals surface area contributed by atoms with Crippen molar-refractivity contribution in [3.8, 4) is 0 Å². The van der Waals surface area contributed by atoms with Crippen molar-refractivity contribution in [2.75, 3.05) is 26.2 Å². The quantitative estimate of drug-likeness (QED) is 0.612. The molecular weight excluding hydrogens is 196 g/mol. The molecule has 0 aromatic heterocycles. The topological polar surface area (TPSA) is 58.6 Å². The van der Waals surface area contributed by atoms with Gasteiger partial charge >= 0.3 is 0 Å². The molecule has 1 atom stereocenters. The van der Waals surface area contributed by atoms with Crippen LogP contribution in [-0.4, -0.2) is 49.1 Å². The van der Waals surface area contributed by atoms with Gasteiger partial charge in [-0.1, -0.05) is 0 Å². The molecule has 2 aliphatic rings. The molecule has 2 aliphatic heterocycles. The fraction of sp³-hybridized carbons (Fsp3) is 0.600. The Hall–Kier alpha value is -1.20. The van der Waals surface area contributed by atoms with Crippen LogP contribution in [0.4, 0.5) is 0 Å². The highest BCUT2D eigenvalue weighted by molar-refractivity contribution is 6.15. The van der Waals surface area contributed by atoms with Crippen LogP contribution in [0.3, 0.4) is 0 Å². The van der Waals surface area contributed by atoms with Crippen LogP contribution >= 0.6 is 0 Å². The third-order valence-electron chi connectivity index (χ3n) is 2.58. The maximum atomic E-state index is 11.6. The standard InChI is InChI=1S/C10H14N2O3/c1-7-4-9(13)12(10(7)14)6-8-5-11-2-3-15-8/h4,8,11H,2-3,5-6H2,1H3. The Morgan fingerprint density at radius 1 is 1.60 bits per heavy atom. The molecule has 0 bridgehead atoms. The molecule has 1 saturated heterocycles. The van der Waals surface area contributed by atoms with E-state index in [4.69, 9.17) is 4.74 Å². The summed E-state index contributed by atoms with van der Waals surface area (Å²) in [6.07, 6.45) is 1.30. The summed E-state index contributed by atoms with van der Waals surface area (Å²) in [4.78, 5) is 24.2. The number of imide groups is 1. The number of carbonyl (C=O) groups excluding carboxylic acids is 2. The lowest BCUT2D eigenvalue weighted by Gasteiger charge is -2.27. The summed E-state index contributed by atoms with van der Waals surface area (Å²) in [6, 6.07) is 0. The van der Waals surface area contributed by atoms with Gasteiger partial charge in [0.2, 0.25) is 0 Å². The number of rotatable bonds is 2. The Labute approximate surface area is 88.1 Å². The van der Waals surface area contributed by atoms with Gasteiger partial charge in [-0.3, -0.25) is 14.5 Å². The predicted octanol–water partition coefficient (Wildman–Crippen LogP) is -0.710. The van der Waals surface area contributed by atoms with E-state index in [1.165, 1.54) is 11.0 Å². The lowest BCUT2D eigenvalue weighted by atomic mass is 10.2. The third-order valence-corrected chi connectivity index (χ3v) is 2.58. The zero-order valence-corrected chi connectivity index (χ0v) is 8.66. The summed E-state index contributed by atoms with van der Waals surface area (Å²) < 4.78 is 5.44. The molecule has 1 unspecified atom stereocenters. The van der Waals surface area contributed by atoms with Gasteiger partial charge in [0.25, 0.3) is 11.8 Å². The highest BCUT2D eigenvalue weighted by Crippen LogP contribution is 2.13. The van der Waals surface area contributed by atoms with Gasteiger partial charge in [0.15, 0.2) is 0 Å². The van der Waals surface area contributed by atoms with Gasteiger partial charge < -0.3 is 10.1 Å². The lowest BCUT2D eigenvalue weighted by Crippen LogP contribution is -2.47. The van der Waals surface area contributed by atoms with E-state index in [0.717, 1.165) is 6.54 Å². The van der Waals surface area contributed by atoms with Gasteiger partial charge in [0, 0.05) is 24.7 Å². The van der Waals surface area contributed by atoms with Crippen molar-refractivity contribution in [3.63, 3.8) is 0 Å². The molecule has 0 aromatic carbocycles. The van der Waals surface area contributed by atoms with E-state index >= 15 is 0 Å². The van der Waals surface area contributed by atoms with Crippen molar-refractivity contribution in [2.24, 2.45) is 0 Å². The summed E-state index contributed by atoms with van der Waals surface area (Å²) >= 11 is 0. The van der Waals surface area contributed by atoms with E-state index in [2.05, 4.69) is 5.32 Å². The minimum atomic E-state index is -0.230. The molecule has 0 aliphatic carbocycles. The molecule has 82 valence electrons. The molecule has 15 heavy (non-hydrogen) atoms. The van der Waals surface area contributed by atoms with E-state index in [1.54, 1.807) is 6.92 Å². The van der Waals surface area contributed by atoms with Gasteiger partial charge in [-0.25, -0.2) is 0 Å². The monoisotopic (exact) mass is 210 g/mol. The SMILES string of the molecule is CC1=CC(=O)N(CC2CNCCO2)C1=O. The van der Waals surface area contributed by atoms with Crippen LogP contribution < -0.4 is 5.32 Å². The number of morpholine rings is 1. The number of ether oxygens (including phenoxy) is 1. The smallest absolute Gasteiger partial charge is 0.256 e. The van der Waals surface area contributed by atoms with Crippen LogP contribution in [-0.2, 0) is 14.3 Å². The van der Waals surface area contributed by atoms with Crippen LogP contribution in [0.2, 0.25) is 0 Å². The summed E-state index contributed by atoms with van der Waals surface area (Å²) in [7, 11) is 0. The number of nitrogens with zero attached hydrogens (tertiary/aromatic N) is 1. The van der Waals surface area contributed by atoms with Gasteiger partial charge in [-0.2, -0.15) is 0 Å². The maximum Gasteiger partial charge on any atom is 0.256 e. The zero-order chi connectivity index (χ0) is 10.8. The van der Waals surface area contributed by atoms with Gasteiger partial charge in [-0.15, -0.1) is 0 Å². The number of amides is 2. The highest BCUT2D eigenvalue weighted by Gasteiger charge is 2.31. The molecule has 5 heteroatoms. The van der Waals surface area contributed by atoms with Crippen molar-refractivity contribution < 1.29 is 14.3 Å². The van der Waals surface area contributed by atoms with Crippen molar-refractivity contribution in [1.82, 2.24) is 10.2 Å². The second-order valence-electron chi connectivity index (χ2n) is 3.78. The fourth-order valence-electron chi connectivity index (χ4n) is 1.75. The Morgan fingerprint density at radius 3 is 2.93 bits per heavy atom. The van der Waals surface area contributed by atoms with Crippen LogP contribution in [0.1, 0.15) is 6.92 Å². The van der Waals surface area contributed by atoms with Gasteiger partial charge in [-0.05, 0) is 6.92 Å². The first-order chi connectivity index (χ1) is 7.18. The largest absolute Gasteiger partial charge is 0.374 e. The van der Waals surface area contributed by atoms with E-state index in [9.17, 15) is 9.59 Å². The van der Waals surface area contributed by atoms with Crippen LogP contribution in [0.5, 0.6) is 0 Å². The van der Waals surface area contributed by atoms with E-state index in [1.807, 2.05) is 0 Å². The van der Waals surface area contributed by atoms with E-state index in [0.29, 0.717) is 25.3 Å². The number of hydrogen-bond acceptors (Lipinski definition) is 4. The average molecular weight is 210 g/mol. The molecule has 0 saturated carbocycles. The predicted molar refractivity (Wildman–Crippen MR) is 53.1 cm³/mol. The Kier molecular flexibility index (Phi) is 2.83. The lowest BCUT2D eigenvalue weighted by molar-refractivity contribution is -0.139. The van der Waals surface area contributed by atoms with Gasteiger partial charge in [0.05, 0.1) is 19.3 Å². The van der Waals surface area contributed by atoms with Crippen molar-refractivity contribution >= 4 is 11.8 Å². The molecule has 5 nitrogen and oxygen atoms in total. The van der Waals surface area contributed by atoms with Crippen LogP contribution in [0, 0.1) is 0 Å². The normalized spacial score (nSPS) is 27.1. The molecule has 2 rings (SSSR count). The van der Waals surface area contributed by atoms with E-state index in [-0.39, 0.29) is 17.9 Å². The Balaban J connectivity index is 1.95. The molecule has 1 N–H and O–H groups in total. The average Bonchev–Trinajstić information content (AvgIpc) is 2.47.